The smallest absolute Gasteiger partial charge is 0.329 e. The van der Waals surface area contributed by atoms with Crippen molar-refractivity contribution >= 4 is 17.7 Å². The molecule has 0 aromatic heterocycles. The second-order valence-corrected chi connectivity index (χ2v) is 11.7. The molecule has 1 aliphatic rings. The number of ether oxygens (including phenoxy) is 2. The largest absolute Gasteiger partial charge is 0.496 e. The fourth-order valence-corrected chi connectivity index (χ4v) is 4.95. The highest BCUT2D eigenvalue weighted by atomic mass is 16.5. The van der Waals surface area contributed by atoms with Gasteiger partial charge >= 0.3 is 5.97 Å². The molecule has 2 aromatic rings. The van der Waals surface area contributed by atoms with Gasteiger partial charge in [0.05, 0.1) is 7.11 Å². The summed E-state index contributed by atoms with van der Waals surface area (Å²) in [5, 5.41) is 0. The van der Waals surface area contributed by atoms with E-state index >= 15 is 0 Å². The van der Waals surface area contributed by atoms with Crippen LogP contribution in [0.3, 0.4) is 0 Å². The van der Waals surface area contributed by atoms with Gasteiger partial charge in [-0.2, -0.15) is 0 Å². The monoisotopic (exact) mass is 535 g/mol. The van der Waals surface area contributed by atoms with Crippen molar-refractivity contribution in [2.75, 3.05) is 13.7 Å². The van der Waals surface area contributed by atoms with E-state index in [1.807, 2.05) is 38.1 Å². The first-order chi connectivity index (χ1) is 18.5. The van der Waals surface area contributed by atoms with Crippen LogP contribution in [-0.4, -0.2) is 42.3 Å². The predicted molar refractivity (Wildman–Crippen MR) is 154 cm³/mol. The van der Waals surface area contributed by atoms with Crippen molar-refractivity contribution < 1.29 is 23.9 Å². The van der Waals surface area contributed by atoms with Gasteiger partial charge in [0.2, 0.25) is 5.78 Å². The van der Waals surface area contributed by atoms with Gasteiger partial charge in [0.25, 0.3) is 5.91 Å². The highest BCUT2D eigenvalue weighted by molar-refractivity contribution is 6.38. The van der Waals surface area contributed by atoms with Crippen LogP contribution in [0.25, 0.3) is 0 Å². The van der Waals surface area contributed by atoms with E-state index in [-0.39, 0.29) is 0 Å². The fourth-order valence-electron chi connectivity index (χ4n) is 4.95. The van der Waals surface area contributed by atoms with Crippen LogP contribution in [-0.2, 0) is 25.5 Å². The summed E-state index contributed by atoms with van der Waals surface area (Å²) < 4.78 is 11.7. The Hall–Kier alpha value is -3.15. The lowest BCUT2D eigenvalue weighted by atomic mass is 9.84. The second kappa shape index (κ2) is 13.3. The average molecular weight is 536 g/mol. The SMILES string of the molecule is CCC(C)(C)C(=O)C(=O)N1CCCCC1C(=O)OC(CCc1ccc(C)c(OC)c1)c1cccc(C(C)C)c1. The number of nitrogens with zero attached hydrogens (tertiary/aromatic N) is 1. The van der Waals surface area contributed by atoms with E-state index in [0.717, 1.165) is 35.3 Å². The molecule has 1 fully saturated rings. The molecule has 39 heavy (non-hydrogen) atoms. The van der Waals surface area contributed by atoms with Gasteiger partial charge in [-0.1, -0.05) is 71.0 Å². The molecule has 0 saturated carbocycles. The van der Waals surface area contributed by atoms with E-state index < -0.39 is 35.2 Å². The summed E-state index contributed by atoms with van der Waals surface area (Å²) in [5.74, 6) is -0.291. The molecule has 2 atom stereocenters. The Labute approximate surface area is 234 Å². The fraction of sp³-hybridized carbons (Fsp3) is 0.545. The molecule has 6 heteroatoms. The van der Waals surface area contributed by atoms with E-state index in [4.69, 9.17) is 9.47 Å². The standard InChI is InChI=1S/C33H45NO5/c1-8-33(5,6)30(35)31(36)34-19-10-9-14-27(34)32(37)39-28(26-13-11-12-25(21-26)22(2)3)18-17-24-16-15-23(4)29(20-24)38-7/h11-13,15-16,20-22,27-28H,8-10,14,17-19H2,1-7H3. The lowest BCUT2D eigenvalue weighted by Crippen LogP contribution is -2.53. The summed E-state index contributed by atoms with van der Waals surface area (Å²) in [5.41, 5.74) is 3.51. The summed E-state index contributed by atoms with van der Waals surface area (Å²) in [6, 6.07) is 13.6. The van der Waals surface area contributed by atoms with Crippen LogP contribution in [0.15, 0.2) is 42.5 Å². The lowest BCUT2D eigenvalue weighted by Gasteiger charge is -2.36. The quantitative estimate of drug-likeness (QED) is 0.236. The van der Waals surface area contributed by atoms with Gasteiger partial charge in [-0.05, 0) is 79.7 Å². The van der Waals surface area contributed by atoms with Gasteiger partial charge in [0.15, 0.2) is 0 Å². The number of esters is 1. The van der Waals surface area contributed by atoms with Crippen molar-refractivity contribution in [2.24, 2.45) is 5.41 Å². The lowest BCUT2D eigenvalue weighted by molar-refractivity contribution is -0.164. The van der Waals surface area contributed by atoms with E-state index in [1.54, 1.807) is 21.0 Å². The summed E-state index contributed by atoms with van der Waals surface area (Å²) >= 11 is 0. The van der Waals surface area contributed by atoms with E-state index in [2.05, 4.69) is 32.0 Å². The molecule has 6 nitrogen and oxygen atoms in total. The maximum atomic E-state index is 13.7. The normalized spacial score (nSPS) is 16.6. The highest BCUT2D eigenvalue weighted by Crippen LogP contribution is 2.31. The minimum absolute atomic E-state index is 0.335. The maximum absolute atomic E-state index is 13.7. The molecule has 1 amide bonds. The first-order valence-electron chi connectivity index (χ1n) is 14.3. The third kappa shape index (κ3) is 7.49. The summed E-state index contributed by atoms with van der Waals surface area (Å²) in [7, 11) is 1.66. The van der Waals surface area contributed by atoms with Crippen LogP contribution in [0.2, 0.25) is 0 Å². The second-order valence-electron chi connectivity index (χ2n) is 11.7. The number of carbonyl (C=O) groups is 3. The molecule has 0 bridgehead atoms. The predicted octanol–water partition coefficient (Wildman–Crippen LogP) is 6.73. The number of ketones is 1. The number of hydrogen-bond acceptors (Lipinski definition) is 5. The Bertz CT molecular complexity index is 1170. The number of likely N-dealkylation sites (tertiary alicyclic amines) is 1. The molecule has 1 aliphatic heterocycles. The van der Waals surface area contributed by atoms with Gasteiger partial charge in [-0.25, -0.2) is 4.79 Å². The minimum atomic E-state index is -0.766. The van der Waals surface area contributed by atoms with Crippen LogP contribution >= 0.6 is 0 Å². The maximum Gasteiger partial charge on any atom is 0.329 e. The molecule has 0 spiro atoms. The van der Waals surface area contributed by atoms with Crippen molar-refractivity contribution in [1.29, 1.82) is 0 Å². The van der Waals surface area contributed by atoms with Gasteiger partial charge in [0, 0.05) is 12.0 Å². The number of methoxy groups -OCH3 is 1. The van der Waals surface area contributed by atoms with Crippen molar-refractivity contribution in [3.8, 4) is 5.75 Å². The summed E-state index contributed by atoms with van der Waals surface area (Å²) in [4.78, 5) is 41.4. The molecule has 1 saturated heterocycles. The molecule has 1 heterocycles. The van der Waals surface area contributed by atoms with Gasteiger partial charge in [-0.3, -0.25) is 9.59 Å². The van der Waals surface area contributed by atoms with Crippen molar-refractivity contribution in [2.45, 2.75) is 98.1 Å². The van der Waals surface area contributed by atoms with Crippen molar-refractivity contribution in [3.05, 3.63) is 64.7 Å². The number of carbonyl (C=O) groups excluding carboxylic acids is 3. The number of hydrogen-bond donors (Lipinski definition) is 0. The van der Waals surface area contributed by atoms with Gasteiger partial charge in [0.1, 0.15) is 17.9 Å². The molecular weight excluding hydrogens is 490 g/mol. The Morgan fingerprint density at radius 3 is 2.44 bits per heavy atom. The molecule has 2 unspecified atom stereocenters. The van der Waals surface area contributed by atoms with Crippen LogP contribution in [0.4, 0.5) is 0 Å². The number of Topliss-reactive ketones (excluding diaryl/α,β-unsaturated/α-hetero) is 1. The molecule has 2 aromatic carbocycles. The molecule has 0 aliphatic carbocycles. The van der Waals surface area contributed by atoms with Crippen molar-refractivity contribution in [3.63, 3.8) is 0 Å². The zero-order chi connectivity index (χ0) is 28.7. The van der Waals surface area contributed by atoms with Crippen LogP contribution in [0, 0.1) is 12.3 Å². The molecule has 212 valence electrons. The highest BCUT2D eigenvalue weighted by Gasteiger charge is 2.41. The Morgan fingerprint density at radius 1 is 1.05 bits per heavy atom. The summed E-state index contributed by atoms with van der Waals surface area (Å²) in [6.07, 6.45) is 3.43. The number of rotatable bonds is 11. The van der Waals surface area contributed by atoms with Gasteiger partial charge < -0.3 is 14.4 Å². The van der Waals surface area contributed by atoms with Crippen molar-refractivity contribution in [1.82, 2.24) is 4.90 Å². The molecular formula is C33H45NO5. The molecule has 3 rings (SSSR count). The minimum Gasteiger partial charge on any atom is -0.496 e. The first-order valence-corrected chi connectivity index (χ1v) is 14.3. The Morgan fingerprint density at radius 2 is 1.77 bits per heavy atom. The summed E-state index contributed by atoms with van der Waals surface area (Å²) in [6.45, 7) is 12.1. The Kier molecular flexibility index (Phi) is 10.3. The zero-order valence-corrected chi connectivity index (χ0v) is 24.7. The molecule has 0 N–H and O–H groups in total. The molecule has 0 radical (unpaired) electrons. The van der Waals surface area contributed by atoms with Crippen LogP contribution < -0.4 is 4.74 Å². The Balaban J connectivity index is 1.86. The topological polar surface area (TPSA) is 72.9 Å². The van der Waals surface area contributed by atoms with E-state index in [0.29, 0.717) is 38.1 Å². The zero-order valence-electron chi connectivity index (χ0n) is 24.7. The van der Waals surface area contributed by atoms with Gasteiger partial charge in [-0.15, -0.1) is 0 Å². The first kappa shape index (κ1) is 30.4. The van der Waals surface area contributed by atoms with Crippen LogP contribution in [0.5, 0.6) is 5.75 Å². The number of piperidine rings is 1. The number of aryl methyl sites for hydroxylation is 2. The third-order valence-corrected chi connectivity index (χ3v) is 8.10. The van der Waals surface area contributed by atoms with E-state index in [1.165, 1.54) is 10.5 Å². The third-order valence-electron chi connectivity index (χ3n) is 8.10. The van der Waals surface area contributed by atoms with Crippen LogP contribution in [0.1, 0.15) is 101 Å². The number of benzene rings is 2. The van der Waals surface area contributed by atoms with E-state index in [9.17, 15) is 14.4 Å². The average Bonchev–Trinajstić information content (AvgIpc) is 2.94. The number of amides is 1.